The Balaban J connectivity index is 1.75. The maximum atomic E-state index is 13.5. The third-order valence-corrected chi connectivity index (χ3v) is 6.47. The van der Waals surface area contributed by atoms with Crippen molar-refractivity contribution in [3.63, 3.8) is 0 Å². The van der Waals surface area contributed by atoms with E-state index in [0.717, 1.165) is 17.2 Å². The van der Waals surface area contributed by atoms with E-state index >= 15 is 0 Å². The molecule has 0 saturated heterocycles. The van der Waals surface area contributed by atoms with Crippen molar-refractivity contribution in [3.05, 3.63) is 60.3 Å². The summed E-state index contributed by atoms with van der Waals surface area (Å²) in [6.07, 6.45) is -1.93. The molecule has 0 spiro atoms. The highest BCUT2D eigenvalue weighted by atomic mass is 35.5. The van der Waals surface area contributed by atoms with Gasteiger partial charge in [0.15, 0.2) is 5.82 Å². The number of fused-ring (bicyclic) bond motifs is 1. The number of amides is 1. The van der Waals surface area contributed by atoms with Crippen molar-refractivity contribution in [2.24, 2.45) is 0 Å². The molecule has 0 bridgehead atoms. The van der Waals surface area contributed by atoms with E-state index in [9.17, 15) is 18.0 Å². The molecule has 2 aromatic carbocycles. The van der Waals surface area contributed by atoms with Crippen LogP contribution in [0.2, 0.25) is 5.02 Å². The number of hydrogen-bond acceptors (Lipinski definition) is 8. The first-order chi connectivity index (χ1) is 19.9. The molecule has 14 heteroatoms. The van der Waals surface area contributed by atoms with E-state index in [2.05, 4.69) is 32.2 Å². The van der Waals surface area contributed by atoms with E-state index in [1.54, 1.807) is 12.1 Å². The third kappa shape index (κ3) is 7.28. The van der Waals surface area contributed by atoms with Gasteiger partial charge in [0.2, 0.25) is 11.9 Å². The van der Waals surface area contributed by atoms with Gasteiger partial charge in [0, 0.05) is 37.4 Å². The number of carbonyl (C=O) groups is 1. The molecule has 4 rings (SSSR count). The lowest BCUT2D eigenvalue weighted by molar-refractivity contribution is -0.139. The third-order valence-electron chi connectivity index (χ3n) is 6.23. The van der Waals surface area contributed by atoms with Crippen molar-refractivity contribution in [3.8, 4) is 17.3 Å². The first-order valence-corrected chi connectivity index (χ1v) is 13.1. The second kappa shape index (κ2) is 12.7. The lowest BCUT2D eigenvalue weighted by atomic mass is 10.2. The minimum Gasteiger partial charge on any atom is -0.494 e. The molecule has 0 atom stereocenters. The molecule has 1 amide bonds. The van der Waals surface area contributed by atoms with Crippen molar-refractivity contribution in [2.75, 3.05) is 56.9 Å². The van der Waals surface area contributed by atoms with E-state index in [1.807, 2.05) is 30.9 Å². The van der Waals surface area contributed by atoms with Gasteiger partial charge in [-0.2, -0.15) is 13.2 Å². The summed E-state index contributed by atoms with van der Waals surface area (Å²) in [7, 11) is 7.31. The van der Waals surface area contributed by atoms with Crippen LogP contribution < -0.4 is 20.3 Å². The van der Waals surface area contributed by atoms with Gasteiger partial charge in [-0.3, -0.25) is 4.79 Å². The van der Waals surface area contributed by atoms with Crippen LogP contribution in [0.15, 0.2) is 55.3 Å². The second-order valence-corrected chi connectivity index (χ2v) is 10.1. The van der Waals surface area contributed by atoms with Gasteiger partial charge in [-0.05, 0) is 50.5 Å². The van der Waals surface area contributed by atoms with Crippen molar-refractivity contribution in [1.82, 2.24) is 24.4 Å². The van der Waals surface area contributed by atoms with Crippen LogP contribution in [-0.2, 0) is 11.3 Å². The number of imidazole rings is 1. The van der Waals surface area contributed by atoms with Gasteiger partial charge in [0.1, 0.15) is 18.0 Å². The summed E-state index contributed by atoms with van der Waals surface area (Å²) in [6, 6.07) is 9.38. The molecule has 0 fully saturated rings. The summed E-state index contributed by atoms with van der Waals surface area (Å²) in [6.45, 7) is 3.68. The Morgan fingerprint density at radius 1 is 1.12 bits per heavy atom. The lowest BCUT2D eigenvalue weighted by Gasteiger charge is -2.26. The zero-order valence-corrected chi connectivity index (χ0v) is 24.2. The monoisotopic (exact) mass is 602 g/mol. The number of benzene rings is 2. The number of anilines is 4. The van der Waals surface area contributed by atoms with E-state index in [1.165, 1.54) is 37.6 Å². The zero-order valence-electron chi connectivity index (χ0n) is 23.5. The Labute approximate surface area is 245 Å². The van der Waals surface area contributed by atoms with Crippen LogP contribution in [0.5, 0.6) is 5.75 Å². The summed E-state index contributed by atoms with van der Waals surface area (Å²) in [5, 5.41) is 6.22. The van der Waals surface area contributed by atoms with Crippen molar-refractivity contribution >= 4 is 51.6 Å². The smallest absolute Gasteiger partial charge is 0.406 e. The first-order valence-electron chi connectivity index (χ1n) is 12.7. The number of ether oxygens (including phenoxy) is 1. The average molecular weight is 603 g/mol. The number of likely N-dealkylation sites (N-methyl/N-ethyl adjacent to an activating group) is 2. The number of halogens is 4. The predicted octanol–water partition coefficient (Wildman–Crippen LogP) is 5.58. The minimum absolute atomic E-state index is 0.00110. The number of alkyl halides is 3. The Hall–Kier alpha value is -4.36. The van der Waals surface area contributed by atoms with Crippen molar-refractivity contribution in [1.29, 1.82) is 0 Å². The van der Waals surface area contributed by atoms with Crippen LogP contribution >= 0.6 is 11.6 Å². The molecular formula is C28H30ClF3N8O2. The van der Waals surface area contributed by atoms with Gasteiger partial charge < -0.3 is 29.7 Å². The Kier molecular flexibility index (Phi) is 9.22. The first kappa shape index (κ1) is 30.6. The van der Waals surface area contributed by atoms with Crippen LogP contribution in [0, 0.1) is 0 Å². The molecule has 10 nitrogen and oxygen atoms in total. The fourth-order valence-electron chi connectivity index (χ4n) is 4.21. The summed E-state index contributed by atoms with van der Waals surface area (Å²) >= 11 is 6.06. The van der Waals surface area contributed by atoms with Crippen LogP contribution in [0.3, 0.4) is 0 Å². The average Bonchev–Trinajstić information content (AvgIpc) is 3.27. The molecule has 0 radical (unpaired) electrons. The molecule has 2 aromatic heterocycles. The highest BCUT2D eigenvalue weighted by molar-refractivity contribution is 6.31. The number of nitrogens with one attached hydrogen (secondary N) is 2. The molecule has 0 unspecified atom stereocenters. The quantitative estimate of drug-likeness (QED) is 0.215. The van der Waals surface area contributed by atoms with Crippen LogP contribution in [-0.4, -0.2) is 77.8 Å². The second-order valence-electron chi connectivity index (χ2n) is 9.65. The number of methoxy groups -OCH3 is 1. The van der Waals surface area contributed by atoms with E-state index < -0.39 is 18.6 Å². The summed E-state index contributed by atoms with van der Waals surface area (Å²) in [4.78, 5) is 29.3. The van der Waals surface area contributed by atoms with Gasteiger partial charge in [-0.15, -0.1) is 0 Å². The molecule has 0 aliphatic carbocycles. The van der Waals surface area contributed by atoms with Gasteiger partial charge >= 0.3 is 6.18 Å². The lowest BCUT2D eigenvalue weighted by Crippen LogP contribution is -2.29. The molecule has 2 N–H and O–H groups in total. The highest BCUT2D eigenvalue weighted by Gasteiger charge is 2.31. The van der Waals surface area contributed by atoms with E-state index in [0.29, 0.717) is 39.9 Å². The van der Waals surface area contributed by atoms with Gasteiger partial charge in [-0.1, -0.05) is 18.2 Å². The number of rotatable bonds is 11. The molecule has 0 aliphatic rings. The Morgan fingerprint density at radius 2 is 1.88 bits per heavy atom. The molecular weight excluding hydrogens is 573 g/mol. The molecule has 0 aliphatic heterocycles. The van der Waals surface area contributed by atoms with E-state index in [4.69, 9.17) is 16.3 Å². The number of aromatic nitrogens is 4. The van der Waals surface area contributed by atoms with E-state index in [-0.39, 0.29) is 23.0 Å². The maximum absolute atomic E-state index is 13.5. The predicted molar refractivity (Wildman–Crippen MR) is 159 cm³/mol. The maximum Gasteiger partial charge on any atom is 0.406 e. The highest BCUT2D eigenvalue weighted by Crippen LogP contribution is 2.38. The minimum atomic E-state index is -4.50. The van der Waals surface area contributed by atoms with Crippen molar-refractivity contribution in [2.45, 2.75) is 12.7 Å². The Morgan fingerprint density at radius 3 is 2.55 bits per heavy atom. The molecule has 0 saturated carbocycles. The SMILES string of the molecule is C=CC(=O)Nc1cc(Nc2nccc(-c3nc4cc(Cl)ccc4n3CC(F)(F)F)n2)c(OC)cc1N(C)CCN(C)C. The number of carbonyl (C=O) groups excluding carboxylic acids is 1. The normalized spacial score (nSPS) is 11.5. The van der Waals surface area contributed by atoms with Crippen LogP contribution in [0.25, 0.3) is 22.6 Å². The molecule has 42 heavy (non-hydrogen) atoms. The number of nitrogens with zero attached hydrogens (tertiary/aromatic N) is 6. The molecule has 2 heterocycles. The Bertz CT molecular complexity index is 1610. The van der Waals surface area contributed by atoms with Gasteiger partial charge in [-0.25, -0.2) is 15.0 Å². The fourth-order valence-corrected chi connectivity index (χ4v) is 4.37. The fraction of sp³-hybridized carbons (Fsp3) is 0.286. The van der Waals surface area contributed by atoms with Gasteiger partial charge in [0.25, 0.3) is 0 Å². The molecule has 4 aromatic rings. The van der Waals surface area contributed by atoms with Crippen LogP contribution in [0.4, 0.5) is 36.2 Å². The summed E-state index contributed by atoms with van der Waals surface area (Å²) in [5.74, 6) is 0.0875. The zero-order chi connectivity index (χ0) is 30.6. The largest absolute Gasteiger partial charge is 0.494 e. The summed E-state index contributed by atoms with van der Waals surface area (Å²) in [5.41, 5.74) is 2.30. The standard InChI is InChI=1S/C28H30ClF3N8O2/c1-6-25(41)34-20-14-21(24(42-5)15-23(20)39(4)12-11-38(2)3)37-27-33-10-9-18(36-27)26-35-19-13-17(29)7-8-22(19)40(26)16-28(30,31)32/h6-10,13-15H,1,11-12,16H2,2-5H3,(H,34,41)(H,33,36,37). The van der Waals surface area contributed by atoms with Crippen molar-refractivity contribution < 1.29 is 22.7 Å². The van der Waals surface area contributed by atoms with Gasteiger partial charge in [0.05, 0.1) is 35.2 Å². The molecule has 222 valence electrons. The number of hydrogen-bond donors (Lipinski definition) is 2. The van der Waals surface area contributed by atoms with Crippen LogP contribution in [0.1, 0.15) is 0 Å². The topological polar surface area (TPSA) is 100 Å². The summed E-state index contributed by atoms with van der Waals surface area (Å²) < 4.78 is 47.2.